The normalized spacial score (nSPS) is 11.0. The van der Waals surface area contributed by atoms with Gasteiger partial charge >= 0.3 is 0 Å². The third-order valence-corrected chi connectivity index (χ3v) is 4.57. The van der Waals surface area contributed by atoms with Crippen LogP contribution in [0.5, 0.6) is 5.88 Å². The van der Waals surface area contributed by atoms with Crippen molar-refractivity contribution >= 4 is 17.8 Å². The molecule has 2 aromatic carbocycles. The molecule has 5 heteroatoms. The van der Waals surface area contributed by atoms with Gasteiger partial charge in [0.1, 0.15) is 0 Å². The molecule has 0 saturated carbocycles. The van der Waals surface area contributed by atoms with E-state index < -0.39 is 0 Å². The van der Waals surface area contributed by atoms with Gasteiger partial charge in [0.05, 0.1) is 5.56 Å². The average molecular weight is 350 g/mol. The Balaban J connectivity index is 1.68. The molecule has 0 unspecified atom stereocenters. The van der Waals surface area contributed by atoms with E-state index in [9.17, 15) is 9.90 Å². The monoisotopic (exact) mass is 350 g/mol. The summed E-state index contributed by atoms with van der Waals surface area (Å²) in [5, 5.41) is 10.5. The van der Waals surface area contributed by atoms with Crippen molar-refractivity contribution < 1.29 is 5.11 Å². The lowest BCUT2D eigenvalue weighted by Gasteiger charge is -2.04. The van der Waals surface area contributed by atoms with Crippen LogP contribution in [0.25, 0.3) is 6.08 Å². The number of rotatable bonds is 6. The maximum absolute atomic E-state index is 12.2. The van der Waals surface area contributed by atoms with Crippen LogP contribution in [0.4, 0.5) is 0 Å². The first-order valence-electron chi connectivity index (χ1n) is 7.93. The summed E-state index contributed by atoms with van der Waals surface area (Å²) in [6.45, 7) is 0. The Morgan fingerprint density at radius 3 is 2.40 bits per heavy atom. The van der Waals surface area contributed by atoms with Crippen molar-refractivity contribution in [2.75, 3.05) is 0 Å². The Hall–Kier alpha value is -2.79. The van der Waals surface area contributed by atoms with Crippen molar-refractivity contribution in [3.05, 3.63) is 93.8 Å². The van der Waals surface area contributed by atoms with Gasteiger partial charge in [0.25, 0.3) is 5.56 Å². The average Bonchev–Trinajstić information content (AvgIpc) is 2.64. The lowest BCUT2D eigenvalue weighted by molar-refractivity contribution is 0.437. The second-order valence-electron chi connectivity index (χ2n) is 5.46. The Kier molecular flexibility index (Phi) is 5.69. The highest BCUT2D eigenvalue weighted by Gasteiger charge is 2.10. The molecule has 0 saturated heterocycles. The molecular weight excluding hydrogens is 332 g/mol. The maximum Gasteiger partial charge on any atom is 0.258 e. The lowest BCUT2D eigenvalue weighted by Crippen LogP contribution is -2.14. The summed E-state index contributed by atoms with van der Waals surface area (Å²) in [4.78, 5) is 19.1. The van der Waals surface area contributed by atoms with Gasteiger partial charge in [0.2, 0.25) is 5.88 Å². The number of aromatic amines is 1. The Labute approximate surface area is 150 Å². The van der Waals surface area contributed by atoms with E-state index in [4.69, 9.17) is 0 Å². The zero-order valence-corrected chi connectivity index (χ0v) is 14.4. The van der Waals surface area contributed by atoms with E-state index in [1.807, 2.05) is 72.8 Å². The topological polar surface area (TPSA) is 66.0 Å². The number of aromatic hydroxyl groups is 1. The highest BCUT2D eigenvalue weighted by Crippen LogP contribution is 2.21. The van der Waals surface area contributed by atoms with Gasteiger partial charge in [-0.15, -0.1) is 0 Å². The summed E-state index contributed by atoms with van der Waals surface area (Å²) in [6.07, 6.45) is 4.09. The van der Waals surface area contributed by atoms with Gasteiger partial charge < -0.3 is 10.1 Å². The zero-order chi connectivity index (χ0) is 17.5. The van der Waals surface area contributed by atoms with E-state index in [0.29, 0.717) is 17.3 Å². The van der Waals surface area contributed by atoms with Crippen LogP contribution in [0.3, 0.4) is 0 Å². The molecule has 0 fully saturated rings. The molecule has 0 aliphatic carbocycles. The fourth-order valence-electron chi connectivity index (χ4n) is 2.32. The number of aromatic nitrogens is 2. The van der Waals surface area contributed by atoms with Crippen LogP contribution in [0, 0.1) is 0 Å². The van der Waals surface area contributed by atoms with Gasteiger partial charge in [0, 0.05) is 12.2 Å². The van der Waals surface area contributed by atoms with Gasteiger partial charge in [-0.1, -0.05) is 84.6 Å². The predicted octanol–water partition coefficient (Wildman–Crippen LogP) is 4.02. The Bertz CT molecular complexity index is 906. The van der Waals surface area contributed by atoms with E-state index in [1.165, 1.54) is 11.8 Å². The summed E-state index contributed by atoms with van der Waals surface area (Å²) in [5.74, 6) is 0.466. The van der Waals surface area contributed by atoms with Crippen LogP contribution < -0.4 is 5.56 Å². The highest BCUT2D eigenvalue weighted by atomic mass is 32.2. The third kappa shape index (κ3) is 4.84. The molecule has 0 spiro atoms. The standard InChI is InChI=1S/C20H18N2O2S/c23-18-17(13-7-12-15-8-3-1-4-9-15)19(24)22-20(21-18)25-14-16-10-5-2-6-11-16/h1-12H,13-14H2,(H2,21,22,23,24). The first-order valence-corrected chi connectivity index (χ1v) is 8.91. The minimum atomic E-state index is -0.305. The van der Waals surface area contributed by atoms with Gasteiger partial charge in [-0.05, 0) is 11.1 Å². The van der Waals surface area contributed by atoms with E-state index in [1.54, 1.807) is 0 Å². The fraction of sp³-hybridized carbons (Fsp3) is 0.100. The van der Waals surface area contributed by atoms with Crippen LogP contribution in [0.1, 0.15) is 16.7 Å². The summed E-state index contributed by atoms with van der Waals surface area (Å²) in [5.41, 5.74) is 2.14. The number of benzene rings is 2. The predicted molar refractivity (Wildman–Crippen MR) is 102 cm³/mol. The fourth-order valence-corrected chi connectivity index (χ4v) is 3.13. The number of H-pyrrole nitrogens is 1. The van der Waals surface area contributed by atoms with E-state index in [-0.39, 0.29) is 17.0 Å². The van der Waals surface area contributed by atoms with Crippen molar-refractivity contribution in [1.82, 2.24) is 9.97 Å². The Morgan fingerprint density at radius 1 is 1.04 bits per heavy atom. The van der Waals surface area contributed by atoms with Gasteiger partial charge in [-0.25, -0.2) is 0 Å². The SMILES string of the molecule is O=c1[nH]c(SCc2ccccc2)nc(O)c1CC=Cc1ccccc1. The molecule has 0 aliphatic rings. The van der Waals surface area contributed by atoms with Crippen molar-refractivity contribution in [1.29, 1.82) is 0 Å². The van der Waals surface area contributed by atoms with Crippen molar-refractivity contribution in [3.63, 3.8) is 0 Å². The van der Waals surface area contributed by atoms with Gasteiger partial charge in [-0.2, -0.15) is 4.98 Å². The molecule has 25 heavy (non-hydrogen) atoms. The molecule has 1 aromatic heterocycles. The largest absolute Gasteiger partial charge is 0.493 e. The summed E-state index contributed by atoms with van der Waals surface area (Å²) in [7, 11) is 0. The highest BCUT2D eigenvalue weighted by molar-refractivity contribution is 7.98. The quantitative estimate of drug-likeness (QED) is 0.520. The van der Waals surface area contributed by atoms with E-state index >= 15 is 0 Å². The zero-order valence-electron chi connectivity index (χ0n) is 13.6. The number of allylic oxidation sites excluding steroid dienone is 1. The summed E-state index contributed by atoms with van der Waals surface area (Å²) < 4.78 is 0. The van der Waals surface area contributed by atoms with Crippen molar-refractivity contribution in [2.45, 2.75) is 17.3 Å². The first kappa shape index (κ1) is 17.0. The van der Waals surface area contributed by atoms with Crippen LogP contribution in [-0.2, 0) is 12.2 Å². The number of nitrogens with zero attached hydrogens (tertiary/aromatic N) is 1. The van der Waals surface area contributed by atoms with Crippen LogP contribution in [0.15, 0.2) is 76.7 Å². The number of hydrogen-bond acceptors (Lipinski definition) is 4. The molecule has 0 atom stereocenters. The molecule has 0 amide bonds. The molecule has 2 N–H and O–H groups in total. The first-order chi connectivity index (χ1) is 12.2. The third-order valence-electron chi connectivity index (χ3n) is 3.62. The second kappa shape index (κ2) is 8.35. The number of nitrogens with one attached hydrogen (secondary N) is 1. The molecule has 3 aromatic rings. The molecule has 0 bridgehead atoms. The van der Waals surface area contributed by atoms with Gasteiger partial charge in [-0.3, -0.25) is 4.79 Å². The van der Waals surface area contributed by atoms with E-state index in [2.05, 4.69) is 9.97 Å². The minimum absolute atomic E-state index is 0.211. The molecule has 4 nitrogen and oxygen atoms in total. The second-order valence-corrected chi connectivity index (χ2v) is 6.43. The summed E-state index contributed by atoms with van der Waals surface area (Å²) >= 11 is 1.39. The van der Waals surface area contributed by atoms with Crippen molar-refractivity contribution in [3.8, 4) is 5.88 Å². The molecular formula is C20H18N2O2S. The van der Waals surface area contributed by atoms with E-state index in [0.717, 1.165) is 11.1 Å². The van der Waals surface area contributed by atoms with Crippen LogP contribution in [0.2, 0.25) is 0 Å². The minimum Gasteiger partial charge on any atom is -0.493 e. The molecule has 0 radical (unpaired) electrons. The molecule has 126 valence electrons. The molecule has 0 aliphatic heterocycles. The van der Waals surface area contributed by atoms with Crippen molar-refractivity contribution in [2.24, 2.45) is 0 Å². The molecule has 1 heterocycles. The lowest BCUT2D eigenvalue weighted by atomic mass is 10.1. The Morgan fingerprint density at radius 2 is 1.72 bits per heavy atom. The van der Waals surface area contributed by atoms with Crippen LogP contribution in [-0.4, -0.2) is 15.1 Å². The number of thioether (sulfide) groups is 1. The smallest absolute Gasteiger partial charge is 0.258 e. The van der Waals surface area contributed by atoms with Crippen LogP contribution >= 0.6 is 11.8 Å². The molecule has 3 rings (SSSR count). The maximum atomic E-state index is 12.2. The number of hydrogen-bond donors (Lipinski definition) is 2. The van der Waals surface area contributed by atoms with Gasteiger partial charge in [0.15, 0.2) is 5.16 Å². The summed E-state index contributed by atoms with van der Waals surface area (Å²) in [6, 6.07) is 19.7.